The van der Waals surface area contributed by atoms with Crippen LogP contribution < -0.4 is 0 Å². The van der Waals surface area contributed by atoms with E-state index in [9.17, 15) is 13.2 Å². The number of halogens is 1. The number of benzene rings is 1. The first-order valence-electron chi connectivity index (χ1n) is 6.67. The molecule has 0 aromatic heterocycles. The predicted molar refractivity (Wildman–Crippen MR) is 79.2 cm³/mol. The number of sulfone groups is 1. The maximum atomic E-state index is 12.2. The summed E-state index contributed by atoms with van der Waals surface area (Å²) in [6.07, 6.45) is 2.30. The Bertz CT molecular complexity index is 563. The van der Waals surface area contributed by atoms with Gasteiger partial charge < -0.3 is 4.90 Å². The van der Waals surface area contributed by atoms with Gasteiger partial charge in [0.1, 0.15) is 0 Å². The Balaban J connectivity index is 2.03. The SMILES string of the molecule is O=C(CCl)c1ccc(S(=O)(=O)CCN2CCCC2)cc1. The molecule has 0 N–H and O–H groups in total. The Labute approximate surface area is 124 Å². The molecular formula is C14H18ClNO3S. The minimum absolute atomic E-state index is 0.0962. The Hall–Kier alpha value is -0.910. The van der Waals surface area contributed by atoms with Gasteiger partial charge in [0.25, 0.3) is 0 Å². The molecule has 0 spiro atoms. The Kier molecular flexibility index (Phi) is 5.18. The Morgan fingerprint density at radius 3 is 2.30 bits per heavy atom. The number of likely N-dealkylation sites (tertiary alicyclic amines) is 1. The van der Waals surface area contributed by atoms with Crippen molar-refractivity contribution in [3.63, 3.8) is 0 Å². The molecule has 0 aliphatic carbocycles. The van der Waals surface area contributed by atoms with E-state index in [0.717, 1.165) is 25.9 Å². The highest BCUT2D eigenvalue weighted by Crippen LogP contribution is 2.15. The first-order chi connectivity index (χ1) is 9.53. The molecule has 1 aliphatic rings. The molecule has 0 atom stereocenters. The first-order valence-corrected chi connectivity index (χ1v) is 8.86. The van der Waals surface area contributed by atoms with E-state index in [4.69, 9.17) is 11.6 Å². The number of ketones is 1. The number of alkyl halides is 1. The number of rotatable bonds is 6. The minimum atomic E-state index is -3.28. The molecule has 0 radical (unpaired) electrons. The average molecular weight is 316 g/mol. The lowest BCUT2D eigenvalue weighted by Gasteiger charge is -2.14. The summed E-state index contributed by atoms with van der Waals surface area (Å²) in [5.41, 5.74) is 0.443. The van der Waals surface area contributed by atoms with Crippen LogP contribution in [0.2, 0.25) is 0 Å². The summed E-state index contributed by atoms with van der Waals surface area (Å²) in [6.45, 7) is 2.54. The van der Waals surface area contributed by atoms with Crippen LogP contribution in [0.3, 0.4) is 0 Å². The fourth-order valence-electron chi connectivity index (χ4n) is 2.30. The standard InChI is InChI=1S/C14H18ClNO3S/c15-11-14(17)12-3-5-13(6-4-12)20(18,19)10-9-16-7-1-2-8-16/h3-6H,1-2,7-11H2. The number of nitrogens with zero attached hydrogens (tertiary/aromatic N) is 1. The van der Waals surface area contributed by atoms with Gasteiger partial charge in [0.2, 0.25) is 0 Å². The molecule has 20 heavy (non-hydrogen) atoms. The van der Waals surface area contributed by atoms with Crippen LogP contribution >= 0.6 is 11.6 Å². The van der Waals surface area contributed by atoms with Crippen LogP contribution in [0.4, 0.5) is 0 Å². The zero-order chi connectivity index (χ0) is 14.6. The second-order valence-corrected chi connectivity index (χ2v) is 7.33. The lowest BCUT2D eigenvalue weighted by atomic mass is 10.1. The summed E-state index contributed by atoms with van der Waals surface area (Å²) in [5.74, 6) is -0.177. The average Bonchev–Trinajstić information content (AvgIpc) is 2.98. The maximum Gasteiger partial charge on any atom is 0.179 e. The monoisotopic (exact) mass is 315 g/mol. The molecule has 0 saturated carbocycles. The van der Waals surface area contributed by atoms with Gasteiger partial charge in [-0.2, -0.15) is 0 Å². The molecule has 1 aliphatic heterocycles. The smallest absolute Gasteiger partial charge is 0.179 e. The highest BCUT2D eigenvalue weighted by Gasteiger charge is 2.18. The van der Waals surface area contributed by atoms with E-state index >= 15 is 0 Å². The molecule has 1 fully saturated rings. The van der Waals surface area contributed by atoms with Crippen LogP contribution in [0, 0.1) is 0 Å². The molecule has 0 bridgehead atoms. The maximum absolute atomic E-state index is 12.2. The second-order valence-electron chi connectivity index (χ2n) is 4.95. The molecule has 1 aromatic rings. The van der Waals surface area contributed by atoms with E-state index in [-0.39, 0.29) is 22.3 Å². The van der Waals surface area contributed by atoms with Crippen molar-refractivity contribution in [2.24, 2.45) is 0 Å². The molecule has 110 valence electrons. The second kappa shape index (κ2) is 6.70. The third-order valence-electron chi connectivity index (χ3n) is 3.53. The van der Waals surface area contributed by atoms with Crippen LogP contribution in [-0.4, -0.2) is 50.4 Å². The van der Waals surface area contributed by atoms with Gasteiger partial charge in [-0.05, 0) is 38.1 Å². The summed E-state index contributed by atoms with van der Waals surface area (Å²) in [4.78, 5) is 13.8. The van der Waals surface area contributed by atoms with Gasteiger partial charge in [-0.25, -0.2) is 8.42 Å². The van der Waals surface area contributed by atoms with Gasteiger partial charge in [-0.15, -0.1) is 11.6 Å². The lowest BCUT2D eigenvalue weighted by Crippen LogP contribution is -2.26. The van der Waals surface area contributed by atoms with Gasteiger partial charge in [0.15, 0.2) is 15.6 Å². The number of carbonyl (C=O) groups excluding carboxylic acids is 1. The van der Waals surface area contributed by atoms with Gasteiger partial charge in [0.05, 0.1) is 16.5 Å². The van der Waals surface area contributed by atoms with E-state index in [1.807, 2.05) is 0 Å². The first kappa shape index (κ1) is 15.5. The van der Waals surface area contributed by atoms with Crippen LogP contribution in [0.5, 0.6) is 0 Å². The molecule has 1 aromatic carbocycles. The normalized spacial score (nSPS) is 16.4. The van der Waals surface area contributed by atoms with Crippen molar-refractivity contribution in [2.75, 3.05) is 31.3 Å². The zero-order valence-electron chi connectivity index (χ0n) is 11.2. The topological polar surface area (TPSA) is 54.5 Å². The summed E-state index contributed by atoms with van der Waals surface area (Å²) in [7, 11) is -3.28. The van der Waals surface area contributed by atoms with Crippen LogP contribution in [0.25, 0.3) is 0 Å². The number of hydrogen-bond acceptors (Lipinski definition) is 4. The Morgan fingerprint density at radius 2 is 1.75 bits per heavy atom. The van der Waals surface area contributed by atoms with E-state index < -0.39 is 9.84 Å². The van der Waals surface area contributed by atoms with Gasteiger partial charge in [-0.3, -0.25) is 4.79 Å². The summed E-state index contributed by atoms with van der Waals surface area (Å²) in [6, 6.07) is 6.01. The predicted octanol–water partition coefficient (Wildman–Crippen LogP) is 1.98. The van der Waals surface area contributed by atoms with Crippen molar-refractivity contribution in [2.45, 2.75) is 17.7 Å². The molecule has 6 heteroatoms. The highest BCUT2D eigenvalue weighted by molar-refractivity contribution is 7.91. The van der Waals surface area contributed by atoms with Crippen molar-refractivity contribution in [3.8, 4) is 0 Å². The molecule has 2 rings (SSSR count). The van der Waals surface area contributed by atoms with E-state index in [1.165, 1.54) is 24.3 Å². The van der Waals surface area contributed by atoms with E-state index in [2.05, 4.69) is 4.90 Å². The van der Waals surface area contributed by atoms with Crippen LogP contribution in [0.15, 0.2) is 29.2 Å². The van der Waals surface area contributed by atoms with Gasteiger partial charge in [0, 0.05) is 12.1 Å². The lowest BCUT2D eigenvalue weighted by molar-refractivity contribution is 0.102. The van der Waals surface area contributed by atoms with Gasteiger partial charge >= 0.3 is 0 Å². The largest absolute Gasteiger partial charge is 0.302 e. The number of hydrogen-bond donors (Lipinski definition) is 0. The fourth-order valence-corrected chi connectivity index (χ4v) is 3.74. The highest BCUT2D eigenvalue weighted by atomic mass is 35.5. The van der Waals surface area contributed by atoms with Crippen molar-refractivity contribution in [1.29, 1.82) is 0 Å². The van der Waals surface area contributed by atoms with Crippen LogP contribution in [-0.2, 0) is 9.84 Å². The molecule has 4 nitrogen and oxygen atoms in total. The summed E-state index contributed by atoms with van der Waals surface area (Å²) >= 11 is 5.47. The quantitative estimate of drug-likeness (QED) is 0.595. The van der Waals surface area contributed by atoms with Crippen LogP contribution in [0.1, 0.15) is 23.2 Å². The summed E-state index contributed by atoms with van der Waals surface area (Å²) in [5, 5.41) is 0. The fraction of sp³-hybridized carbons (Fsp3) is 0.500. The van der Waals surface area contributed by atoms with Crippen molar-refractivity contribution in [1.82, 2.24) is 4.90 Å². The Morgan fingerprint density at radius 1 is 1.15 bits per heavy atom. The molecular weight excluding hydrogens is 298 g/mol. The minimum Gasteiger partial charge on any atom is -0.302 e. The summed E-state index contributed by atoms with van der Waals surface area (Å²) < 4.78 is 24.4. The molecule has 0 amide bonds. The zero-order valence-corrected chi connectivity index (χ0v) is 12.8. The number of carbonyl (C=O) groups is 1. The van der Waals surface area contributed by atoms with Crippen molar-refractivity contribution < 1.29 is 13.2 Å². The molecule has 1 heterocycles. The third kappa shape index (κ3) is 3.81. The molecule has 1 saturated heterocycles. The molecule has 0 unspecified atom stereocenters. The third-order valence-corrected chi connectivity index (χ3v) is 5.48. The van der Waals surface area contributed by atoms with Crippen molar-refractivity contribution >= 4 is 27.2 Å². The van der Waals surface area contributed by atoms with E-state index in [0.29, 0.717) is 12.1 Å². The van der Waals surface area contributed by atoms with E-state index in [1.54, 1.807) is 0 Å². The van der Waals surface area contributed by atoms with Crippen molar-refractivity contribution in [3.05, 3.63) is 29.8 Å². The number of Topliss-reactive ketones (excluding diaryl/α,β-unsaturated/α-hetero) is 1. The van der Waals surface area contributed by atoms with Gasteiger partial charge in [-0.1, -0.05) is 12.1 Å².